The molecule has 16 heavy (non-hydrogen) atoms. The molecule has 1 amide bonds. The predicted molar refractivity (Wildman–Crippen MR) is 63.3 cm³/mol. The van der Waals surface area contributed by atoms with Gasteiger partial charge in [-0.25, -0.2) is 4.98 Å². The fourth-order valence-corrected chi connectivity index (χ4v) is 2.14. The number of likely N-dealkylation sites (tertiary alicyclic amines) is 1. The molecule has 1 aromatic heterocycles. The third-order valence-corrected chi connectivity index (χ3v) is 3.14. The molecule has 1 saturated heterocycles. The van der Waals surface area contributed by atoms with Gasteiger partial charge < -0.3 is 9.64 Å². The maximum absolute atomic E-state index is 12.0. The van der Waals surface area contributed by atoms with Crippen molar-refractivity contribution in [3.05, 3.63) is 28.5 Å². The molecule has 0 radical (unpaired) electrons. The van der Waals surface area contributed by atoms with E-state index in [2.05, 4.69) is 20.9 Å². The Labute approximate surface area is 103 Å². The van der Waals surface area contributed by atoms with Crippen molar-refractivity contribution in [2.75, 3.05) is 20.2 Å². The number of ether oxygens (including phenoxy) is 1. The number of methoxy groups -OCH3 is 1. The van der Waals surface area contributed by atoms with Crippen molar-refractivity contribution in [3.63, 3.8) is 0 Å². The molecular formula is C11H13BrN2O2. The summed E-state index contributed by atoms with van der Waals surface area (Å²) in [6.07, 6.45) is 1.06. The van der Waals surface area contributed by atoms with Gasteiger partial charge in [-0.15, -0.1) is 0 Å². The summed E-state index contributed by atoms with van der Waals surface area (Å²) in [7, 11) is 1.68. The van der Waals surface area contributed by atoms with Crippen LogP contribution in [0.4, 0.5) is 0 Å². The Balaban J connectivity index is 2.08. The van der Waals surface area contributed by atoms with Gasteiger partial charge in [-0.3, -0.25) is 4.79 Å². The monoisotopic (exact) mass is 284 g/mol. The zero-order valence-corrected chi connectivity index (χ0v) is 10.6. The fourth-order valence-electron chi connectivity index (χ4n) is 1.79. The van der Waals surface area contributed by atoms with Crippen LogP contribution in [0.15, 0.2) is 22.8 Å². The predicted octanol–water partition coefficient (Wildman–Crippen LogP) is 1.71. The molecule has 4 nitrogen and oxygen atoms in total. The topological polar surface area (TPSA) is 42.4 Å². The van der Waals surface area contributed by atoms with Crippen LogP contribution in [-0.2, 0) is 4.74 Å². The van der Waals surface area contributed by atoms with Crippen molar-refractivity contribution >= 4 is 21.8 Å². The van der Waals surface area contributed by atoms with Gasteiger partial charge in [0.2, 0.25) is 0 Å². The summed E-state index contributed by atoms with van der Waals surface area (Å²) >= 11 is 3.26. The second kappa shape index (κ2) is 4.93. The van der Waals surface area contributed by atoms with Crippen molar-refractivity contribution in [2.24, 2.45) is 0 Å². The van der Waals surface area contributed by atoms with E-state index in [-0.39, 0.29) is 12.0 Å². The molecule has 2 rings (SSSR count). The zero-order valence-electron chi connectivity index (χ0n) is 9.02. The highest BCUT2D eigenvalue weighted by molar-refractivity contribution is 9.10. The van der Waals surface area contributed by atoms with Crippen LogP contribution in [0.2, 0.25) is 0 Å². The normalized spacial score (nSPS) is 20.1. The lowest BCUT2D eigenvalue weighted by atomic mass is 10.3. The number of halogens is 1. The van der Waals surface area contributed by atoms with Crippen molar-refractivity contribution in [1.82, 2.24) is 9.88 Å². The lowest BCUT2D eigenvalue weighted by molar-refractivity contribution is 0.0719. The van der Waals surface area contributed by atoms with Crippen LogP contribution in [0, 0.1) is 0 Å². The maximum atomic E-state index is 12.0. The molecule has 0 bridgehead atoms. The molecular weight excluding hydrogens is 272 g/mol. The van der Waals surface area contributed by atoms with Crippen LogP contribution < -0.4 is 0 Å². The van der Waals surface area contributed by atoms with E-state index < -0.39 is 0 Å². The maximum Gasteiger partial charge on any atom is 0.272 e. The Bertz CT molecular complexity index is 397. The van der Waals surface area contributed by atoms with E-state index in [9.17, 15) is 4.79 Å². The average molecular weight is 285 g/mol. The minimum absolute atomic E-state index is 0.0270. The molecule has 1 atom stereocenters. The number of amides is 1. The van der Waals surface area contributed by atoms with Gasteiger partial charge in [0.15, 0.2) is 0 Å². The molecule has 2 heterocycles. The van der Waals surface area contributed by atoms with E-state index in [4.69, 9.17) is 4.74 Å². The summed E-state index contributed by atoms with van der Waals surface area (Å²) in [6, 6.07) is 5.35. The highest BCUT2D eigenvalue weighted by Gasteiger charge is 2.27. The fraction of sp³-hybridized carbons (Fsp3) is 0.455. The number of carbonyl (C=O) groups is 1. The number of nitrogens with zero attached hydrogens (tertiary/aromatic N) is 2. The quantitative estimate of drug-likeness (QED) is 0.777. The molecule has 0 saturated carbocycles. The van der Waals surface area contributed by atoms with Gasteiger partial charge in [0, 0.05) is 20.2 Å². The molecule has 5 heteroatoms. The third-order valence-electron chi connectivity index (χ3n) is 2.70. The van der Waals surface area contributed by atoms with Crippen LogP contribution in [0.1, 0.15) is 16.9 Å². The third kappa shape index (κ3) is 2.41. The van der Waals surface area contributed by atoms with Crippen LogP contribution in [0.25, 0.3) is 0 Å². The number of pyridine rings is 1. The zero-order chi connectivity index (χ0) is 11.5. The van der Waals surface area contributed by atoms with Crippen LogP contribution in [-0.4, -0.2) is 42.1 Å². The molecule has 86 valence electrons. The summed E-state index contributed by atoms with van der Waals surface area (Å²) in [5.41, 5.74) is 0.478. The molecule has 0 spiro atoms. The first-order chi connectivity index (χ1) is 7.70. The molecule has 0 N–H and O–H groups in total. The van der Waals surface area contributed by atoms with Crippen molar-refractivity contribution in [1.29, 1.82) is 0 Å². The van der Waals surface area contributed by atoms with Crippen molar-refractivity contribution in [3.8, 4) is 0 Å². The molecule has 1 fully saturated rings. The van der Waals surface area contributed by atoms with Crippen LogP contribution in [0.5, 0.6) is 0 Å². The lowest BCUT2D eigenvalue weighted by Gasteiger charge is -2.15. The Hall–Kier alpha value is -0.940. The van der Waals surface area contributed by atoms with E-state index in [0.717, 1.165) is 13.0 Å². The van der Waals surface area contributed by atoms with Gasteiger partial charge >= 0.3 is 0 Å². The van der Waals surface area contributed by atoms with E-state index in [0.29, 0.717) is 16.8 Å². The average Bonchev–Trinajstić information content (AvgIpc) is 2.76. The molecule has 1 unspecified atom stereocenters. The Morgan fingerprint density at radius 3 is 3.06 bits per heavy atom. The standard InChI is InChI=1S/C11H13BrN2O2/c1-16-8-5-6-14(7-8)11(15)9-3-2-4-10(12)13-9/h2-4,8H,5-7H2,1H3. The first-order valence-corrected chi connectivity index (χ1v) is 5.94. The Morgan fingerprint density at radius 1 is 1.62 bits per heavy atom. The van der Waals surface area contributed by atoms with Gasteiger partial charge in [0.1, 0.15) is 10.3 Å². The van der Waals surface area contributed by atoms with Gasteiger partial charge in [-0.05, 0) is 34.5 Å². The van der Waals surface area contributed by atoms with Crippen LogP contribution in [0.3, 0.4) is 0 Å². The highest BCUT2D eigenvalue weighted by atomic mass is 79.9. The van der Waals surface area contributed by atoms with E-state index in [1.54, 1.807) is 24.1 Å². The highest BCUT2D eigenvalue weighted by Crippen LogP contribution is 2.15. The van der Waals surface area contributed by atoms with Gasteiger partial charge in [0.05, 0.1) is 6.10 Å². The number of hydrogen-bond acceptors (Lipinski definition) is 3. The second-order valence-corrected chi connectivity index (χ2v) is 4.56. The first kappa shape index (κ1) is 11.5. The number of hydrogen-bond donors (Lipinski definition) is 0. The molecule has 0 aromatic carbocycles. The summed E-state index contributed by atoms with van der Waals surface area (Å²) < 4.78 is 5.91. The van der Waals surface area contributed by atoms with Gasteiger partial charge in [0.25, 0.3) is 5.91 Å². The molecule has 1 aromatic rings. The number of aromatic nitrogens is 1. The van der Waals surface area contributed by atoms with Gasteiger partial charge in [-0.1, -0.05) is 6.07 Å². The molecule has 1 aliphatic heterocycles. The smallest absolute Gasteiger partial charge is 0.272 e. The summed E-state index contributed by atoms with van der Waals surface area (Å²) in [4.78, 5) is 18.0. The number of carbonyl (C=O) groups excluding carboxylic acids is 1. The minimum atomic E-state index is -0.0270. The van der Waals surface area contributed by atoms with E-state index in [1.807, 2.05) is 6.07 Å². The number of rotatable bonds is 2. The van der Waals surface area contributed by atoms with Crippen LogP contribution >= 0.6 is 15.9 Å². The minimum Gasteiger partial charge on any atom is -0.380 e. The molecule has 1 aliphatic rings. The van der Waals surface area contributed by atoms with Crippen molar-refractivity contribution < 1.29 is 9.53 Å². The SMILES string of the molecule is COC1CCN(C(=O)c2cccc(Br)n2)C1. The lowest BCUT2D eigenvalue weighted by Crippen LogP contribution is -2.30. The summed E-state index contributed by atoms with van der Waals surface area (Å²) in [5, 5.41) is 0. The Kier molecular flexibility index (Phi) is 3.56. The second-order valence-electron chi connectivity index (χ2n) is 3.74. The first-order valence-electron chi connectivity index (χ1n) is 5.15. The largest absolute Gasteiger partial charge is 0.380 e. The summed E-state index contributed by atoms with van der Waals surface area (Å²) in [6.45, 7) is 1.40. The van der Waals surface area contributed by atoms with Gasteiger partial charge in [-0.2, -0.15) is 0 Å². The molecule has 0 aliphatic carbocycles. The summed E-state index contributed by atoms with van der Waals surface area (Å²) in [5.74, 6) is -0.0270. The van der Waals surface area contributed by atoms with E-state index >= 15 is 0 Å². The van der Waals surface area contributed by atoms with E-state index in [1.165, 1.54) is 0 Å². The Morgan fingerprint density at radius 2 is 2.44 bits per heavy atom. The van der Waals surface area contributed by atoms with Crippen molar-refractivity contribution in [2.45, 2.75) is 12.5 Å².